The van der Waals surface area contributed by atoms with Crippen LogP contribution in [0.2, 0.25) is 0 Å². The smallest absolute Gasteiger partial charge is 0.248 e. The second kappa shape index (κ2) is 10.4. The van der Waals surface area contributed by atoms with Gasteiger partial charge in [0.25, 0.3) is 0 Å². The van der Waals surface area contributed by atoms with E-state index < -0.39 is 15.9 Å². The van der Waals surface area contributed by atoms with E-state index in [0.717, 1.165) is 12.0 Å². The number of piperidine rings is 1. The van der Waals surface area contributed by atoms with Crippen molar-refractivity contribution in [2.45, 2.75) is 51.5 Å². The molecule has 1 aliphatic heterocycles. The van der Waals surface area contributed by atoms with Crippen molar-refractivity contribution in [1.29, 1.82) is 0 Å². The zero-order chi connectivity index (χ0) is 23.3. The molecule has 2 aromatic rings. The Bertz CT molecular complexity index is 1030. The average molecular weight is 466 g/mol. The standard InChI is InChI=1S/C22H31N3O6S/c1-5-11-30-19-9-8-17(12-20(19)29-4)13-23-22(26)18-7-6-10-25(14-18)32(27,28)21-15(2)24-31-16(21)3/h8-9,12,18H,5-7,10-11,13-14H2,1-4H3,(H,23,26). The Morgan fingerprint density at radius 2 is 2.09 bits per heavy atom. The highest BCUT2D eigenvalue weighted by Crippen LogP contribution is 2.29. The molecule has 1 atom stereocenters. The number of nitrogens with one attached hydrogen (secondary N) is 1. The summed E-state index contributed by atoms with van der Waals surface area (Å²) < 4.78 is 43.6. The fraction of sp³-hybridized carbons (Fsp3) is 0.545. The molecule has 2 heterocycles. The molecule has 0 spiro atoms. The Balaban J connectivity index is 1.63. The minimum Gasteiger partial charge on any atom is -0.493 e. The zero-order valence-electron chi connectivity index (χ0n) is 19.0. The lowest BCUT2D eigenvalue weighted by molar-refractivity contribution is -0.126. The first-order valence-corrected chi connectivity index (χ1v) is 12.2. The summed E-state index contributed by atoms with van der Waals surface area (Å²) in [4.78, 5) is 12.9. The Kier molecular flexibility index (Phi) is 7.78. The normalized spacial score (nSPS) is 17.2. The molecule has 1 amide bonds. The number of benzene rings is 1. The number of hydrogen-bond donors (Lipinski definition) is 1. The van der Waals surface area contributed by atoms with Crippen molar-refractivity contribution >= 4 is 15.9 Å². The van der Waals surface area contributed by atoms with Gasteiger partial charge in [-0.2, -0.15) is 4.31 Å². The molecule has 1 saturated heterocycles. The number of aryl methyl sites for hydroxylation is 2. The number of carbonyl (C=O) groups excluding carboxylic acids is 1. The maximum absolute atomic E-state index is 13.1. The molecule has 0 bridgehead atoms. The predicted octanol–water partition coefficient (Wildman–Crippen LogP) is 2.81. The van der Waals surface area contributed by atoms with Crippen LogP contribution >= 0.6 is 0 Å². The molecule has 1 aromatic carbocycles. The highest BCUT2D eigenvalue weighted by Gasteiger charge is 2.36. The summed E-state index contributed by atoms with van der Waals surface area (Å²) in [5.41, 5.74) is 1.20. The van der Waals surface area contributed by atoms with E-state index in [0.29, 0.717) is 49.7 Å². The van der Waals surface area contributed by atoms with Gasteiger partial charge in [-0.1, -0.05) is 18.1 Å². The molecule has 9 nitrogen and oxygen atoms in total. The molecule has 1 aromatic heterocycles. The molecular weight excluding hydrogens is 434 g/mol. The Morgan fingerprint density at radius 3 is 2.75 bits per heavy atom. The third-order valence-electron chi connectivity index (χ3n) is 5.48. The van der Waals surface area contributed by atoms with Gasteiger partial charge in [0, 0.05) is 19.6 Å². The lowest BCUT2D eigenvalue weighted by atomic mass is 9.98. The third-order valence-corrected chi connectivity index (χ3v) is 7.59. The monoisotopic (exact) mass is 465 g/mol. The van der Waals surface area contributed by atoms with Gasteiger partial charge in [0.05, 0.1) is 19.6 Å². The zero-order valence-corrected chi connectivity index (χ0v) is 19.8. The molecule has 1 fully saturated rings. The van der Waals surface area contributed by atoms with Crippen molar-refractivity contribution < 1.29 is 27.2 Å². The summed E-state index contributed by atoms with van der Waals surface area (Å²) >= 11 is 0. The average Bonchev–Trinajstić information content (AvgIpc) is 3.14. The van der Waals surface area contributed by atoms with Gasteiger partial charge in [-0.15, -0.1) is 0 Å². The van der Waals surface area contributed by atoms with Crippen molar-refractivity contribution in [1.82, 2.24) is 14.8 Å². The van der Waals surface area contributed by atoms with Gasteiger partial charge in [-0.05, 0) is 50.8 Å². The van der Waals surface area contributed by atoms with Gasteiger partial charge < -0.3 is 19.3 Å². The summed E-state index contributed by atoms with van der Waals surface area (Å²) in [7, 11) is -2.19. The highest BCUT2D eigenvalue weighted by molar-refractivity contribution is 7.89. The molecule has 0 radical (unpaired) electrons. The highest BCUT2D eigenvalue weighted by atomic mass is 32.2. The van der Waals surface area contributed by atoms with E-state index in [-0.39, 0.29) is 23.1 Å². The van der Waals surface area contributed by atoms with Gasteiger partial charge in [-0.25, -0.2) is 8.42 Å². The number of nitrogens with zero attached hydrogens (tertiary/aromatic N) is 2. The SMILES string of the molecule is CCCOc1ccc(CNC(=O)C2CCCN(S(=O)(=O)c3c(C)noc3C)C2)cc1OC. The summed E-state index contributed by atoms with van der Waals surface area (Å²) in [6.07, 6.45) is 2.13. The first kappa shape index (κ1) is 24.1. The Labute approximate surface area is 189 Å². The van der Waals surface area contributed by atoms with Crippen LogP contribution in [0.4, 0.5) is 0 Å². The van der Waals surface area contributed by atoms with Crippen LogP contribution in [-0.4, -0.2) is 50.6 Å². The molecule has 1 aliphatic rings. The number of hydrogen-bond acceptors (Lipinski definition) is 7. The van der Waals surface area contributed by atoms with Crippen LogP contribution in [0, 0.1) is 19.8 Å². The Morgan fingerprint density at radius 1 is 1.31 bits per heavy atom. The van der Waals surface area contributed by atoms with Crippen LogP contribution in [-0.2, 0) is 21.4 Å². The van der Waals surface area contributed by atoms with Gasteiger partial charge >= 0.3 is 0 Å². The van der Waals surface area contributed by atoms with E-state index in [4.69, 9.17) is 14.0 Å². The molecule has 1 unspecified atom stereocenters. The molecule has 10 heteroatoms. The first-order valence-electron chi connectivity index (χ1n) is 10.8. The van der Waals surface area contributed by atoms with E-state index in [1.807, 2.05) is 25.1 Å². The van der Waals surface area contributed by atoms with Crippen LogP contribution in [0.5, 0.6) is 11.5 Å². The molecule has 0 saturated carbocycles. The minimum absolute atomic E-state index is 0.0936. The summed E-state index contributed by atoms with van der Waals surface area (Å²) in [5.74, 6) is 0.938. The number of sulfonamides is 1. The predicted molar refractivity (Wildman–Crippen MR) is 118 cm³/mol. The first-order chi connectivity index (χ1) is 15.3. The van der Waals surface area contributed by atoms with Crippen LogP contribution in [0.25, 0.3) is 0 Å². The molecule has 1 N–H and O–H groups in total. The number of aromatic nitrogens is 1. The summed E-state index contributed by atoms with van der Waals surface area (Å²) in [6, 6.07) is 5.54. The van der Waals surface area contributed by atoms with Gasteiger partial charge in [0.2, 0.25) is 15.9 Å². The largest absolute Gasteiger partial charge is 0.493 e. The molecular formula is C22H31N3O6S. The van der Waals surface area contributed by atoms with E-state index in [1.165, 1.54) is 4.31 Å². The van der Waals surface area contributed by atoms with Crippen molar-refractivity contribution in [2.75, 3.05) is 26.8 Å². The van der Waals surface area contributed by atoms with Gasteiger partial charge in [0.15, 0.2) is 17.3 Å². The van der Waals surface area contributed by atoms with Crippen LogP contribution in [0.15, 0.2) is 27.6 Å². The maximum Gasteiger partial charge on any atom is 0.248 e. The quantitative estimate of drug-likeness (QED) is 0.606. The maximum atomic E-state index is 13.1. The molecule has 0 aliphatic carbocycles. The van der Waals surface area contributed by atoms with Crippen LogP contribution < -0.4 is 14.8 Å². The number of rotatable bonds is 9. The van der Waals surface area contributed by atoms with Gasteiger partial charge in [0.1, 0.15) is 10.6 Å². The van der Waals surface area contributed by atoms with Crippen molar-refractivity contribution in [2.24, 2.45) is 5.92 Å². The fourth-order valence-electron chi connectivity index (χ4n) is 3.83. The summed E-state index contributed by atoms with van der Waals surface area (Å²) in [6.45, 7) is 6.62. The number of carbonyl (C=O) groups is 1. The number of methoxy groups -OCH3 is 1. The van der Waals surface area contributed by atoms with Crippen LogP contribution in [0.3, 0.4) is 0 Å². The van der Waals surface area contributed by atoms with Crippen LogP contribution in [0.1, 0.15) is 43.2 Å². The van der Waals surface area contributed by atoms with E-state index in [2.05, 4.69) is 10.5 Å². The minimum atomic E-state index is -3.77. The van der Waals surface area contributed by atoms with E-state index in [9.17, 15) is 13.2 Å². The second-order valence-corrected chi connectivity index (χ2v) is 9.78. The number of ether oxygens (including phenoxy) is 2. The van der Waals surface area contributed by atoms with E-state index >= 15 is 0 Å². The second-order valence-electron chi connectivity index (χ2n) is 7.91. The lowest BCUT2D eigenvalue weighted by Crippen LogP contribution is -2.45. The summed E-state index contributed by atoms with van der Waals surface area (Å²) in [5, 5.41) is 6.68. The Hall–Kier alpha value is -2.59. The van der Waals surface area contributed by atoms with Crippen molar-refractivity contribution in [3.63, 3.8) is 0 Å². The number of amides is 1. The topological polar surface area (TPSA) is 111 Å². The lowest BCUT2D eigenvalue weighted by Gasteiger charge is -2.31. The van der Waals surface area contributed by atoms with E-state index in [1.54, 1.807) is 21.0 Å². The van der Waals surface area contributed by atoms with Crippen molar-refractivity contribution in [3.8, 4) is 11.5 Å². The van der Waals surface area contributed by atoms with Gasteiger partial charge in [-0.3, -0.25) is 4.79 Å². The fourth-order valence-corrected chi connectivity index (χ4v) is 5.65. The molecule has 176 valence electrons. The molecule has 32 heavy (non-hydrogen) atoms. The third kappa shape index (κ3) is 5.24. The molecule has 3 rings (SSSR count). The van der Waals surface area contributed by atoms with Crippen molar-refractivity contribution in [3.05, 3.63) is 35.2 Å².